The molecule has 5 heteroatoms. The monoisotopic (exact) mass is 370 g/mol. The first-order chi connectivity index (χ1) is 12.1. The van der Waals surface area contributed by atoms with Crippen molar-refractivity contribution in [2.75, 3.05) is 0 Å². The van der Waals surface area contributed by atoms with Crippen LogP contribution < -0.4 is 0 Å². The van der Waals surface area contributed by atoms with Gasteiger partial charge in [0, 0.05) is 14.6 Å². The van der Waals surface area contributed by atoms with Gasteiger partial charge in [0.15, 0.2) is 6.29 Å². The van der Waals surface area contributed by atoms with E-state index < -0.39 is 5.97 Å². The molecule has 3 nitrogen and oxygen atoms in total. The summed E-state index contributed by atoms with van der Waals surface area (Å²) in [6.07, 6.45) is 2.36. The Morgan fingerprint density at radius 3 is 2.16 bits per heavy atom. The summed E-state index contributed by atoms with van der Waals surface area (Å²) < 4.78 is 0. The van der Waals surface area contributed by atoms with Crippen molar-refractivity contribution in [3.8, 4) is 20.2 Å². The van der Waals surface area contributed by atoms with Crippen LogP contribution in [0.5, 0.6) is 0 Å². The number of aromatic carboxylic acids is 1. The summed E-state index contributed by atoms with van der Waals surface area (Å²) in [4.78, 5) is 26.4. The summed E-state index contributed by atoms with van der Waals surface area (Å²) in [6.45, 7) is 4.06. The normalized spacial score (nSPS) is 10.8. The highest BCUT2D eigenvalue weighted by atomic mass is 32.1. The van der Waals surface area contributed by atoms with Crippen LogP contribution in [0.1, 0.15) is 45.0 Å². The number of hydrogen-bond donors (Lipinski definition) is 1. The van der Waals surface area contributed by atoms with Crippen molar-refractivity contribution in [1.29, 1.82) is 0 Å². The minimum absolute atomic E-state index is 0.397. The number of benzene rings is 1. The minimum Gasteiger partial charge on any atom is -0.478 e. The molecule has 0 unspecified atom stereocenters. The number of hydrogen-bond acceptors (Lipinski definition) is 4. The van der Waals surface area contributed by atoms with Gasteiger partial charge in [0.25, 0.3) is 0 Å². The Labute approximate surface area is 154 Å². The van der Waals surface area contributed by atoms with E-state index in [1.54, 1.807) is 17.4 Å². The Hall–Kier alpha value is -2.24. The third-order valence-electron chi connectivity index (χ3n) is 4.23. The van der Waals surface area contributed by atoms with Crippen molar-refractivity contribution < 1.29 is 14.7 Å². The maximum atomic E-state index is 11.5. The smallest absolute Gasteiger partial charge is 0.335 e. The molecule has 0 atom stereocenters. The fraction of sp³-hybridized carbons (Fsp3) is 0.200. The molecule has 0 saturated heterocycles. The molecule has 3 rings (SSSR count). The van der Waals surface area contributed by atoms with Gasteiger partial charge in [0.1, 0.15) is 0 Å². The lowest BCUT2D eigenvalue weighted by Crippen LogP contribution is -2.06. The molecule has 3 aromatic rings. The van der Waals surface area contributed by atoms with Crippen molar-refractivity contribution in [1.82, 2.24) is 0 Å². The lowest BCUT2D eigenvalue weighted by atomic mass is 9.92. The third kappa shape index (κ3) is 3.30. The number of thiophene rings is 2. The zero-order valence-electron chi connectivity index (χ0n) is 14.0. The molecule has 2 heterocycles. The summed E-state index contributed by atoms with van der Waals surface area (Å²) >= 11 is 3.16. The number of aldehydes is 1. The second-order valence-corrected chi connectivity index (χ2v) is 7.81. The van der Waals surface area contributed by atoms with Crippen LogP contribution in [0, 0.1) is 0 Å². The first-order valence-corrected chi connectivity index (χ1v) is 9.75. The van der Waals surface area contributed by atoms with Gasteiger partial charge in [0.05, 0.1) is 10.4 Å². The quantitative estimate of drug-likeness (QED) is 0.560. The van der Waals surface area contributed by atoms with Crippen molar-refractivity contribution in [3.05, 3.63) is 58.0 Å². The fourth-order valence-corrected chi connectivity index (χ4v) is 5.07. The molecule has 25 heavy (non-hydrogen) atoms. The Bertz CT molecular complexity index is 934. The van der Waals surface area contributed by atoms with Crippen LogP contribution in [-0.4, -0.2) is 17.4 Å². The molecule has 0 amide bonds. The van der Waals surface area contributed by atoms with Crippen molar-refractivity contribution in [2.45, 2.75) is 26.7 Å². The second kappa shape index (κ2) is 7.33. The van der Waals surface area contributed by atoms with E-state index in [0.29, 0.717) is 12.0 Å². The summed E-state index contributed by atoms with van der Waals surface area (Å²) in [5, 5.41) is 9.43. The summed E-state index contributed by atoms with van der Waals surface area (Å²) in [7, 11) is 0. The van der Waals surface area contributed by atoms with Crippen LogP contribution in [0.2, 0.25) is 0 Å². The summed E-state index contributed by atoms with van der Waals surface area (Å²) in [5.41, 5.74) is 3.53. The van der Waals surface area contributed by atoms with Gasteiger partial charge in [-0.1, -0.05) is 19.9 Å². The van der Waals surface area contributed by atoms with Crippen LogP contribution >= 0.6 is 22.7 Å². The van der Waals surface area contributed by atoms with Crippen LogP contribution in [0.15, 0.2) is 36.4 Å². The molecule has 0 bridgehead atoms. The number of carboxylic acid groups (broad SMARTS) is 1. The molecule has 0 spiro atoms. The molecule has 0 fully saturated rings. The SMILES string of the molecule is CCc1c(C(=O)O)ccc(-c2ccc(-c3ccc(C=O)s3)s2)c1CC. The molecule has 128 valence electrons. The van der Waals surface area contributed by atoms with E-state index in [9.17, 15) is 14.7 Å². The predicted molar refractivity (Wildman–Crippen MR) is 104 cm³/mol. The predicted octanol–water partition coefficient (Wildman–Crippen LogP) is 5.78. The molecule has 0 aliphatic carbocycles. The largest absolute Gasteiger partial charge is 0.478 e. The van der Waals surface area contributed by atoms with Crippen LogP contribution in [0.25, 0.3) is 20.2 Å². The van der Waals surface area contributed by atoms with E-state index >= 15 is 0 Å². The van der Waals surface area contributed by atoms with E-state index in [1.165, 1.54) is 11.3 Å². The average Bonchev–Trinajstić information content (AvgIpc) is 3.28. The Kier molecular flexibility index (Phi) is 5.16. The number of carboxylic acids is 1. The van der Waals surface area contributed by atoms with E-state index in [0.717, 1.165) is 48.9 Å². The Morgan fingerprint density at radius 2 is 1.56 bits per heavy atom. The molecular weight excluding hydrogens is 352 g/mol. The molecule has 1 N–H and O–H groups in total. The van der Waals surface area contributed by atoms with Gasteiger partial charge in [-0.25, -0.2) is 4.79 Å². The van der Waals surface area contributed by atoms with Crippen LogP contribution in [-0.2, 0) is 12.8 Å². The van der Waals surface area contributed by atoms with Gasteiger partial charge in [-0.2, -0.15) is 0 Å². The van der Waals surface area contributed by atoms with E-state index in [-0.39, 0.29) is 0 Å². The van der Waals surface area contributed by atoms with Gasteiger partial charge in [-0.15, -0.1) is 22.7 Å². The molecule has 0 radical (unpaired) electrons. The first-order valence-electron chi connectivity index (χ1n) is 8.12. The molecule has 0 aliphatic rings. The highest BCUT2D eigenvalue weighted by Crippen LogP contribution is 2.39. The topological polar surface area (TPSA) is 54.4 Å². The molecule has 1 aromatic carbocycles. The van der Waals surface area contributed by atoms with E-state index in [2.05, 4.69) is 19.1 Å². The van der Waals surface area contributed by atoms with Gasteiger partial charge in [-0.05, 0) is 59.9 Å². The first kappa shape index (κ1) is 17.6. The van der Waals surface area contributed by atoms with Crippen LogP contribution in [0.4, 0.5) is 0 Å². The van der Waals surface area contributed by atoms with Gasteiger partial charge in [0.2, 0.25) is 0 Å². The second-order valence-electron chi connectivity index (χ2n) is 5.61. The maximum Gasteiger partial charge on any atom is 0.335 e. The highest BCUT2D eigenvalue weighted by molar-refractivity contribution is 7.24. The summed E-state index contributed by atoms with van der Waals surface area (Å²) in [6, 6.07) is 11.6. The standard InChI is InChI=1S/C20H18O3S2/c1-3-13-14(4-2)16(20(22)23)7-6-15(13)17-9-10-19(25-17)18-8-5-12(11-21)24-18/h5-11H,3-4H2,1-2H3,(H,22,23). The van der Waals surface area contributed by atoms with E-state index in [4.69, 9.17) is 0 Å². The van der Waals surface area contributed by atoms with Gasteiger partial charge < -0.3 is 5.11 Å². The molecule has 2 aromatic heterocycles. The van der Waals surface area contributed by atoms with Gasteiger partial charge in [-0.3, -0.25) is 4.79 Å². The van der Waals surface area contributed by atoms with E-state index in [1.807, 2.05) is 25.1 Å². The summed E-state index contributed by atoms with van der Waals surface area (Å²) in [5.74, 6) is -0.870. The number of carbonyl (C=O) groups is 2. The molecular formula is C20H18O3S2. The average molecular weight is 370 g/mol. The van der Waals surface area contributed by atoms with Crippen molar-refractivity contribution in [2.24, 2.45) is 0 Å². The van der Waals surface area contributed by atoms with Crippen molar-refractivity contribution in [3.63, 3.8) is 0 Å². The Balaban J connectivity index is 2.08. The minimum atomic E-state index is -0.870. The number of carbonyl (C=O) groups excluding carboxylic acids is 1. The van der Waals surface area contributed by atoms with Crippen molar-refractivity contribution >= 4 is 34.9 Å². The number of rotatable bonds is 6. The highest BCUT2D eigenvalue weighted by Gasteiger charge is 2.17. The molecule has 0 saturated carbocycles. The zero-order valence-corrected chi connectivity index (χ0v) is 15.7. The maximum absolute atomic E-state index is 11.5. The zero-order chi connectivity index (χ0) is 18.0. The lowest BCUT2D eigenvalue weighted by molar-refractivity contribution is 0.0695. The van der Waals surface area contributed by atoms with Crippen LogP contribution in [0.3, 0.4) is 0 Å². The fourth-order valence-electron chi connectivity index (χ4n) is 3.10. The lowest BCUT2D eigenvalue weighted by Gasteiger charge is -2.14. The Morgan fingerprint density at radius 1 is 0.920 bits per heavy atom. The molecule has 0 aliphatic heterocycles. The van der Waals surface area contributed by atoms with Gasteiger partial charge >= 0.3 is 5.97 Å². The third-order valence-corrected chi connectivity index (χ3v) is 6.55.